The minimum Gasteiger partial charge on any atom is -0.268 e. The van der Waals surface area contributed by atoms with Crippen LogP contribution in [0.15, 0.2) is 41.2 Å². The molecule has 0 saturated carbocycles. The Morgan fingerprint density at radius 2 is 2.06 bits per heavy atom. The molecule has 2 rings (SSSR count). The Kier molecular flexibility index (Phi) is 3.54. The number of halogens is 1. The molecule has 0 saturated heterocycles. The topological polar surface area (TPSA) is 34.9 Å². The summed E-state index contributed by atoms with van der Waals surface area (Å²) in [6.07, 6.45) is 0. The molecule has 1 aromatic heterocycles. The highest BCUT2D eigenvalue weighted by molar-refractivity contribution is 5.58. The van der Waals surface area contributed by atoms with Gasteiger partial charge in [0.05, 0.1) is 5.69 Å². The number of benzene rings is 1. The Morgan fingerprint density at radius 1 is 1.28 bits per heavy atom. The maximum absolute atomic E-state index is 13.6. The maximum atomic E-state index is 13.6. The summed E-state index contributed by atoms with van der Waals surface area (Å²) in [6.45, 7) is 1.89. The van der Waals surface area contributed by atoms with Crippen LogP contribution in [0.1, 0.15) is 6.92 Å². The minimum absolute atomic E-state index is 0.206. The van der Waals surface area contributed by atoms with Gasteiger partial charge in [0.15, 0.2) is 0 Å². The first-order valence-electron chi connectivity index (χ1n) is 5.45. The van der Waals surface area contributed by atoms with Crippen LogP contribution in [0.4, 0.5) is 4.39 Å². The van der Waals surface area contributed by atoms with E-state index in [1.165, 1.54) is 22.9 Å². The molecule has 4 heteroatoms. The van der Waals surface area contributed by atoms with E-state index in [0.717, 1.165) is 0 Å². The second-order valence-electron chi connectivity index (χ2n) is 3.62. The first kappa shape index (κ1) is 12.1. The molecule has 0 bridgehead atoms. The number of nitrogens with zero attached hydrogens (tertiary/aromatic N) is 2. The molecule has 0 spiro atoms. The van der Waals surface area contributed by atoms with Crippen LogP contribution in [0.3, 0.4) is 0 Å². The van der Waals surface area contributed by atoms with Gasteiger partial charge in [-0.05, 0) is 25.1 Å². The van der Waals surface area contributed by atoms with Crippen LogP contribution < -0.4 is 5.56 Å². The van der Waals surface area contributed by atoms with Crippen LogP contribution in [0.25, 0.3) is 11.3 Å². The number of aromatic nitrogens is 2. The highest BCUT2D eigenvalue weighted by atomic mass is 19.1. The lowest BCUT2D eigenvalue weighted by Crippen LogP contribution is -2.21. The molecule has 3 nitrogen and oxygen atoms in total. The van der Waals surface area contributed by atoms with Crippen LogP contribution in [0, 0.1) is 17.7 Å². The second kappa shape index (κ2) is 5.28. The van der Waals surface area contributed by atoms with Gasteiger partial charge in [-0.2, -0.15) is 5.10 Å². The Labute approximate surface area is 104 Å². The van der Waals surface area contributed by atoms with Crippen molar-refractivity contribution >= 4 is 0 Å². The van der Waals surface area contributed by atoms with Gasteiger partial charge >= 0.3 is 0 Å². The monoisotopic (exact) mass is 242 g/mol. The number of hydrogen-bond donors (Lipinski definition) is 0. The van der Waals surface area contributed by atoms with Gasteiger partial charge in [-0.25, -0.2) is 9.07 Å². The Morgan fingerprint density at radius 3 is 2.78 bits per heavy atom. The van der Waals surface area contributed by atoms with Crippen LogP contribution in [0.2, 0.25) is 0 Å². The Hall–Kier alpha value is -2.41. The number of hydrogen-bond acceptors (Lipinski definition) is 2. The van der Waals surface area contributed by atoms with Crippen LogP contribution >= 0.6 is 0 Å². The smallest absolute Gasteiger partial charge is 0.267 e. The summed E-state index contributed by atoms with van der Waals surface area (Å²) in [5.41, 5.74) is 0.541. The second-order valence-corrected chi connectivity index (χ2v) is 3.62. The predicted octanol–water partition coefficient (Wildman–Crippen LogP) is 2.07. The van der Waals surface area contributed by atoms with Crippen molar-refractivity contribution in [2.24, 2.45) is 0 Å². The molecule has 0 radical (unpaired) electrons. The summed E-state index contributed by atoms with van der Waals surface area (Å²) in [5, 5.41) is 4.10. The van der Waals surface area contributed by atoms with Gasteiger partial charge in [-0.1, -0.05) is 18.1 Å². The van der Waals surface area contributed by atoms with E-state index in [-0.39, 0.29) is 17.9 Å². The molecule has 1 aromatic carbocycles. The van der Waals surface area contributed by atoms with Crippen molar-refractivity contribution < 1.29 is 4.39 Å². The van der Waals surface area contributed by atoms with Crippen LogP contribution in [0.5, 0.6) is 0 Å². The summed E-state index contributed by atoms with van der Waals surface area (Å²) in [4.78, 5) is 11.5. The largest absolute Gasteiger partial charge is 0.268 e. The molecule has 1 heterocycles. The molecule has 0 N–H and O–H groups in total. The van der Waals surface area contributed by atoms with E-state index in [0.29, 0.717) is 11.3 Å². The van der Waals surface area contributed by atoms with Crippen molar-refractivity contribution in [1.29, 1.82) is 0 Å². The molecule has 0 atom stereocenters. The summed E-state index contributed by atoms with van der Waals surface area (Å²) in [5.74, 6) is 5.08. The summed E-state index contributed by atoms with van der Waals surface area (Å²) in [7, 11) is 0. The zero-order valence-corrected chi connectivity index (χ0v) is 9.85. The van der Waals surface area contributed by atoms with Gasteiger partial charge in [0.25, 0.3) is 5.56 Å². The molecular formula is C14H11FN2O. The third-order valence-corrected chi connectivity index (χ3v) is 2.42. The minimum atomic E-state index is -0.364. The average molecular weight is 242 g/mol. The molecule has 0 fully saturated rings. The van der Waals surface area contributed by atoms with Crippen molar-refractivity contribution in [1.82, 2.24) is 9.78 Å². The standard InChI is InChI=1S/C14H11FN2O/c1-2-3-10-17-14(18)9-8-13(16-17)11-6-4-5-7-12(11)15/h4-9H,10H2,1H3. The molecule has 0 unspecified atom stereocenters. The summed E-state index contributed by atoms with van der Waals surface area (Å²) < 4.78 is 14.8. The lowest BCUT2D eigenvalue weighted by atomic mass is 10.1. The van der Waals surface area contributed by atoms with E-state index < -0.39 is 0 Å². The Bertz CT molecular complexity index is 680. The van der Waals surface area contributed by atoms with E-state index in [9.17, 15) is 9.18 Å². The van der Waals surface area contributed by atoms with Crippen molar-refractivity contribution in [3.63, 3.8) is 0 Å². The van der Waals surface area contributed by atoms with Gasteiger partial charge in [-0.15, -0.1) is 5.92 Å². The highest BCUT2D eigenvalue weighted by Gasteiger charge is 2.06. The lowest BCUT2D eigenvalue weighted by Gasteiger charge is -2.05. The van der Waals surface area contributed by atoms with E-state index >= 15 is 0 Å². The van der Waals surface area contributed by atoms with Gasteiger partial charge < -0.3 is 0 Å². The molecule has 0 aliphatic rings. The Balaban J connectivity index is 2.49. The molecular weight excluding hydrogens is 231 g/mol. The summed E-state index contributed by atoms with van der Waals surface area (Å²) >= 11 is 0. The zero-order valence-electron chi connectivity index (χ0n) is 9.85. The number of rotatable bonds is 2. The normalized spacial score (nSPS) is 9.67. The molecule has 0 aliphatic carbocycles. The van der Waals surface area contributed by atoms with Crippen LogP contribution in [-0.4, -0.2) is 9.78 Å². The quantitative estimate of drug-likeness (QED) is 0.756. The summed E-state index contributed by atoms with van der Waals surface area (Å²) in [6, 6.07) is 9.19. The fourth-order valence-electron chi connectivity index (χ4n) is 1.53. The fraction of sp³-hybridized carbons (Fsp3) is 0.143. The molecule has 90 valence electrons. The average Bonchev–Trinajstić information content (AvgIpc) is 2.39. The van der Waals surface area contributed by atoms with E-state index in [4.69, 9.17) is 0 Å². The first-order valence-corrected chi connectivity index (χ1v) is 5.45. The molecule has 18 heavy (non-hydrogen) atoms. The highest BCUT2D eigenvalue weighted by Crippen LogP contribution is 2.18. The van der Waals surface area contributed by atoms with Crippen molar-refractivity contribution in [3.05, 3.63) is 52.6 Å². The van der Waals surface area contributed by atoms with Gasteiger partial charge in [-0.3, -0.25) is 4.79 Å². The van der Waals surface area contributed by atoms with E-state index in [2.05, 4.69) is 16.9 Å². The van der Waals surface area contributed by atoms with E-state index in [1.807, 2.05) is 0 Å². The van der Waals surface area contributed by atoms with Crippen molar-refractivity contribution in [2.45, 2.75) is 13.5 Å². The SMILES string of the molecule is CC#CCn1nc(-c2ccccc2F)ccc1=O. The maximum Gasteiger partial charge on any atom is 0.267 e. The van der Waals surface area contributed by atoms with Gasteiger partial charge in [0, 0.05) is 11.6 Å². The van der Waals surface area contributed by atoms with Gasteiger partial charge in [0.2, 0.25) is 0 Å². The van der Waals surface area contributed by atoms with Crippen molar-refractivity contribution in [3.8, 4) is 23.1 Å². The third kappa shape index (κ3) is 2.46. The molecule has 0 aliphatic heterocycles. The van der Waals surface area contributed by atoms with E-state index in [1.54, 1.807) is 25.1 Å². The predicted molar refractivity (Wildman–Crippen MR) is 67.3 cm³/mol. The molecule has 0 amide bonds. The third-order valence-electron chi connectivity index (χ3n) is 2.42. The molecule has 2 aromatic rings. The first-order chi connectivity index (χ1) is 8.72. The van der Waals surface area contributed by atoms with Crippen molar-refractivity contribution in [2.75, 3.05) is 0 Å². The van der Waals surface area contributed by atoms with Crippen LogP contribution in [-0.2, 0) is 6.54 Å². The zero-order chi connectivity index (χ0) is 13.0. The lowest BCUT2D eigenvalue weighted by molar-refractivity contribution is 0.625. The van der Waals surface area contributed by atoms with Gasteiger partial charge in [0.1, 0.15) is 12.4 Å². The fourth-order valence-corrected chi connectivity index (χ4v) is 1.53.